The summed E-state index contributed by atoms with van der Waals surface area (Å²) in [5.41, 5.74) is 8.43. The zero-order chi connectivity index (χ0) is 27.3. The maximum absolute atomic E-state index is 12.8. The molecule has 0 bridgehead atoms. The minimum absolute atomic E-state index is 0.305. The van der Waals surface area contributed by atoms with E-state index in [4.69, 9.17) is 9.15 Å². The molecule has 0 saturated carbocycles. The van der Waals surface area contributed by atoms with Crippen LogP contribution in [0.4, 0.5) is 5.88 Å². The normalized spacial score (nSPS) is 13.6. The summed E-state index contributed by atoms with van der Waals surface area (Å²) in [5.74, 6) is 0.973. The summed E-state index contributed by atoms with van der Waals surface area (Å²) in [6, 6.07) is 34.2. The number of amides is 1. The van der Waals surface area contributed by atoms with Crippen LogP contribution < -0.4 is 10.3 Å². The average Bonchev–Trinajstić information content (AvgIpc) is 3.62. The van der Waals surface area contributed by atoms with Crippen LogP contribution in [0.5, 0.6) is 0 Å². The summed E-state index contributed by atoms with van der Waals surface area (Å²) in [6.07, 6.45) is 1.50. The maximum atomic E-state index is 12.8. The summed E-state index contributed by atoms with van der Waals surface area (Å²) in [4.78, 5) is 14.9. The van der Waals surface area contributed by atoms with Gasteiger partial charge in [0.2, 0.25) is 5.88 Å². The molecule has 1 saturated heterocycles. The molecule has 7 nitrogen and oxygen atoms in total. The highest BCUT2D eigenvalue weighted by Gasteiger charge is 2.19. The number of nitrogens with one attached hydrogen (secondary N) is 1. The third kappa shape index (κ3) is 5.50. The predicted octanol–water partition coefficient (Wildman–Crippen LogP) is 6.77. The number of carbonyl (C=O) groups excluding carboxylic acids is 1. The number of morpholine rings is 1. The first kappa shape index (κ1) is 25.9. The van der Waals surface area contributed by atoms with Crippen LogP contribution in [0.15, 0.2) is 117 Å². The zero-order valence-electron chi connectivity index (χ0n) is 21.7. The molecule has 200 valence electrons. The second kappa shape index (κ2) is 11.8. The predicted molar refractivity (Wildman–Crippen MR) is 161 cm³/mol. The molecular formula is C32H27BrN4O3. The van der Waals surface area contributed by atoms with Gasteiger partial charge in [-0.3, -0.25) is 4.79 Å². The molecule has 6 rings (SSSR count). The van der Waals surface area contributed by atoms with Crippen LogP contribution in [0.2, 0.25) is 0 Å². The highest BCUT2D eigenvalue weighted by molar-refractivity contribution is 9.10. The molecule has 2 aromatic heterocycles. The van der Waals surface area contributed by atoms with E-state index in [0.717, 1.165) is 51.6 Å². The van der Waals surface area contributed by atoms with Crippen molar-refractivity contribution in [1.29, 1.82) is 0 Å². The lowest BCUT2D eigenvalue weighted by molar-refractivity contribution is 0.0955. The lowest BCUT2D eigenvalue weighted by atomic mass is 10.1. The Morgan fingerprint density at radius 1 is 0.825 bits per heavy atom. The lowest BCUT2D eigenvalue weighted by Crippen LogP contribution is -2.36. The molecule has 1 N–H and O–H groups in total. The van der Waals surface area contributed by atoms with Gasteiger partial charge in [0.15, 0.2) is 5.76 Å². The van der Waals surface area contributed by atoms with Gasteiger partial charge in [0.05, 0.1) is 35.3 Å². The van der Waals surface area contributed by atoms with Crippen molar-refractivity contribution in [3.63, 3.8) is 0 Å². The molecule has 0 atom stereocenters. The molecule has 3 heterocycles. The van der Waals surface area contributed by atoms with Crippen LogP contribution >= 0.6 is 15.9 Å². The number of carbonyl (C=O) groups is 1. The smallest absolute Gasteiger partial charge is 0.271 e. The number of benzene rings is 3. The Morgan fingerprint density at radius 2 is 1.43 bits per heavy atom. The molecule has 1 aliphatic rings. The van der Waals surface area contributed by atoms with E-state index in [9.17, 15) is 4.79 Å². The average molecular weight is 595 g/mol. The van der Waals surface area contributed by atoms with Crippen LogP contribution in [-0.4, -0.2) is 43.0 Å². The van der Waals surface area contributed by atoms with Crippen LogP contribution in [0.1, 0.15) is 16.1 Å². The maximum Gasteiger partial charge on any atom is 0.271 e. The number of rotatable bonds is 7. The molecule has 0 unspecified atom stereocenters. The second-order valence-corrected chi connectivity index (χ2v) is 10.2. The number of anilines is 1. The number of hydrogen-bond acceptors (Lipinski definition) is 5. The van der Waals surface area contributed by atoms with E-state index in [0.29, 0.717) is 24.5 Å². The van der Waals surface area contributed by atoms with Crippen molar-refractivity contribution in [3.8, 4) is 28.2 Å². The highest BCUT2D eigenvalue weighted by Crippen LogP contribution is 2.33. The van der Waals surface area contributed by atoms with E-state index in [1.807, 2.05) is 66.7 Å². The topological polar surface area (TPSA) is 72.0 Å². The standard InChI is InChI=1S/C32H27BrN4O3/c33-28-21-27(40-32(28)36-17-19-39-20-18-36)22-34-35-31(38)25-11-13-26(14-12-25)37-29(23-7-3-1-4-8-23)15-16-30(37)24-9-5-2-6-10-24/h1-16,21-22H,17-20H2,(H,35,38)/b34-22-. The van der Waals surface area contributed by atoms with Gasteiger partial charge in [0, 0.05) is 30.4 Å². The van der Waals surface area contributed by atoms with Gasteiger partial charge in [-0.1, -0.05) is 60.7 Å². The van der Waals surface area contributed by atoms with Gasteiger partial charge in [-0.2, -0.15) is 5.10 Å². The largest absolute Gasteiger partial charge is 0.438 e. The first-order chi connectivity index (χ1) is 19.7. The van der Waals surface area contributed by atoms with E-state index in [1.54, 1.807) is 0 Å². The number of nitrogens with zero attached hydrogens (tertiary/aromatic N) is 3. The minimum atomic E-state index is -0.305. The number of aromatic nitrogens is 1. The fourth-order valence-corrected chi connectivity index (χ4v) is 5.34. The lowest BCUT2D eigenvalue weighted by Gasteiger charge is -2.26. The van der Waals surface area contributed by atoms with E-state index >= 15 is 0 Å². The van der Waals surface area contributed by atoms with E-state index in [-0.39, 0.29) is 5.91 Å². The number of ether oxygens (including phenoxy) is 1. The van der Waals surface area contributed by atoms with Crippen molar-refractivity contribution < 1.29 is 13.9 Å². The van der Waals surface area contributed by atoms with Gasteiger partial charge in [-0.25, -0.2) is 5.43 Å². The molecule has 1 amide bonds. The van der Waals surface area contributed by atoms with Crippen molar-refractivity contribution >= 4 is 33.9 Å². The second-order valence-electron chi connectivity index (χ2n) is 9.32. The van der Waals surface area contributed by atoms with Crippen LogP contribution in [0.3, 0.4) is 0 Å². The van der Waals surface area contributed by atoms with Crippen molar-refractivity contribution in [1.82, 2.24) is 9.99 Å². The SMILES string of the molecule is O=C(N/N=C\c1cc(Br)c(N2CCOCC2)o1)c1ccc(-n2c(-c3ccccc3)ccc2-c2ccccc2)cc1. The quantitative estimate of drug-likeness (QED) is 0.167. The van der Waals surface area contributed by atoms with Crippen molar-refractivity contribution in [3.05, 3.63) is 119 Å². The number of halogens is 1. The van der Waals surface area contributed by atoms with Crippen LogP contribution in [0.25, 0.3) is 28.2 Å². The van der Waals surface area contributed by atoms with E-state index in [2.05, 4.69) is 72.3 Å². The molecule has 0 aliphatic carbocycles. The Bertz CT molecular complexity index is 1560. The third-order valence-electron chi connectivity index (χ3n) is 6.75. The number of furan rings is 1. The summed E-state index contributed by atoms with van der Waals surface area (Å²) in [7, 11) is 0. The number of hydrogen-bond donors (Lipinski definition) is 1. The highest BCUT2D eigenvalue weighted by atomic mass is 79.9. The first-order valence-corrected chi connectivity index (χ1v) is 13.8. The fourth-order valence-electron chi connectivity index (χ4n) is 4.79. The van der Waals surface area contributed by atoms with Crippen molar-refractivity contribution in [2.45, 2.75) is 0 Å². The van der Waals surface area contributed by atoms with Gasteiger partial charge >= 0.3 is 0 Å². The Labute approximate surface area is 240 Å². The summed E-state index contributed by atoms with van der Waals surface area (Å²) in [6.45, 7) is 2.85. The Morgan fingerprint density at radius 3 is 2.02 bits per heavy atom. The zero-order valence-corrected chi connectivity index (χ0v) is 23.3. The van der Waals surface area contributed by atoms with Crippen molar-refractivity contribution in [2.24, 2.45) is 5.10 Å². The van der Waals surface area contributed by atoms with Gasteiger partial charge < -0.3 is 18.6 Å². The first-order valence-electron chi connectivity index (χ1n) is 13.1. The van der Waals surface area contributed by atoms with Crippen LogP contribution in [-0.2, 0) is 4.74 Å². The molecule has 0 spiro atoms. The Balaban J connectivity index is 1.20. The molecule has 8 heteroatoms. The summed E-state index contributed by atoms with van der Waals surface area (Å²) in [5, 5.41) is 4.11. The monoisotopic (exact) mass is 594 g/mol. The Kier molecular flexibility index (Phi) is 7.61. The van der Waals surface area contributed by atoms with Gasteiger partial charge in [0.1, 0.15) is 0 Å². The molecule has 1 fully saturated rings. The summed E-state index contributed by atoms with van der Waals surface area (Å²) < 4.78 is 14.4. The van der Waals surface area contributed by atoms with Gasteiger partial charge in [-0.05, 0) is 63.5 Å². The molecule has 0 radical (unpaired) electrons. The number of hydrazone groups is 1. The molecular weight excluding hydrogens is 568 g/mol. The fraction of sp³-hybridized carbons (Fsp3) is 0.125. The minimum Gasteiger partial charge on any atom is -0.438 e. The Hall–Kier alpha value is -4.40. The molecule has 1 aliphatic heterocycles. The van der Waals surface area contributed by atoms with Gasteiger partial charge in [-0.15, -0.1) is 0 Å². The molecule has 3 aromatic carbocycles. The third-order valence-corrected chi connectivity index (χ3v) is 7.32. The molecule has 5 aromatic rings. The van der Waals surface area contributed by atoms with E-state index in [1.165, 1.54) is 6.21 Å². The van der Waals surface area contributed by atoms with Crippen molar-refractivity contribution in [2.75, 3.05) is 31.2 Å². The van der Waals surface area contributed by atoms with E-state index < -0.39 is 0 Å². The molecule has 40 heavy (non-hydrogen) atoms. The van der Waals surface area contributed by atoms with Crippen LogP contribution in [0, 0.1) is 0 Å². The summed E-state index contributed by atoms with van der Waals surface area (Å²) >= 11 is 3.55. The van der Waals surface area contributed by atoms with Gasteiger partial charge in [0.25, 0.3) is 5.91 Å².